The quantitative estimate of drug-likeness (QED) is 0.210. The van der Waals surface area contributed by atoms with Crippen LogP contribution in [0.1, 0.15) is 0 Å². The Hall–Kier alpha value is -6.06. The molecule has 3 aromatic heterocycles. The van der Waals surface area contributed by atoms with Crippen LogP contribution in [0.25, 0.3) is 99.2 Å². The van der Waals surface area contributed by atoms with Gasteiger partial charge in [-0.05, 0) is 94.0 Å². The lowest BCUT2D eigenvalue weighted by atomic mass is 9.97. The highest BCUT2D eigenvalue weighted by molar-refractivity contribution is 6.10. The molecule has 3 nitrogen and oxygen atoms in total. The molecule has 0 N–H and O–H groups in total. The van der Waals surface area contributed by atoms with Crippen LogP contribution in [0.2, 0.25) is 0 Å². The number of fused-ring (bicyclic) bond motifs is 9. The second-order valence-electron chi connectivity index (χ2n) is 11.7. The number of hydrogen-bond acceptors (Lipinski definition) is 3. The molecule has 0 unspecified atom stereocenters. The topological polar surface area (TPSA) is 39.4 Å². The minimum absolute atomic E-state index is 0.887. The van der Waals surface area contributed by atoms with Crippen molar-refractivity contribution in [3.05, 3.63) is 146 Å². The van der Waals surface area contributed by atoms with Crippen molar-refractivity contribution < 1.29 is 13.3 Å². The predicted molar refractivity (Wildman–Crippen MR) is 185 cm³/mol. The maximum atomic E-state index is 6.26. The summed E-state index contributed by atoms with van der Waals surface area (Å²) in [5.74, 6) is 0. The zero-order valence-electron chi connectivity index (χ0n) is 24.1. The smallest absolute Gasteiger partial charge is 0.135 e. The van der Waals surface area contributed by atoms with Gasteiger partial charge in [0.25, 0.3) is 0 Å². The summed E-state index contributed by atoms with van der Waals surface area (Å²) >= 11 is 0. The van der Waals surface area contributed by atoms with E-state index in [4.69, 9.17) is 13.3 Å². The average molecular weight is 577 g/mol. The fourth-order valence-electron chi connectivity index (χ4n) is 6.80. The SMILES string of the molecule is c1ccc2c(c1)oc1ccc(-c3ccc(-c4ccc5oc6ccc(-c7ccc8oc9ccccc9c8c7)cc6c5c4)cc3)cc12. The average Bonchev–Trinajstić information content (AvgIpc) is 3.78. The van der Waals surface area contributed by atoms with Gasteiger partial charge < -0.3 is 13.3 Å². The van der Waals surface area contributed by atoms with Gasteiger partial charge in [0.2, 0.25) is 0 Å². The van der Waals surface area contributed by atoms with E-state index in [0.29, 0.717) is 0 Å². The lowest BCUT2D eigenvalue weighted by Gasteiger charge is -2.06. The van der Waals surface area contributed by atoms with E-state index in [0.717, 1.165) is 82.5 Å². The van der Waals surface area contributed by atoms with Gasteiger partial charge in [-0.1, -0.05) is 84.9 Å². The highest BCUT2D eigenvalue weighted by Crippen LogP contribution is 2.38. The van der Waals surface area contributed by atoms with Gasteiger partial charge in [-0.3, -0.25) is 0 Å². The molecule has 45 heavy (non-hydrogen) atoms. The van der Waals surface area contributed by atoms with Crippen LogP contribution in [-0.2, 0) is 0 Å². The van der Waals surface area contributed by atoms with E-state index in [-0.39, 0.29) is 0 Å². The number of para-hydroxylation sites is 2. The van der Waals surface area contributed by atoms with Crippen LogP contribution in [0.3, 0.4) is 0 Å². The molecule has 0 aliphatic heterocycles. The molecule has 0 saturated carbocycles. The van der Waals surface area contributed by atoms with E-state index < -0.39 is 0 Å². The van der Waals surface area contributed by atoms with E-state index in [1.807, 2.05) is 24.3 Å². The molecule has 0 atom stereocenters. The summed E-state index contributed by atoms with van der Waals surface area (Å²) in [4.78, 5) is 0. The van der Waals surface area contributed by atoms with E-state index in [9.17, 15) is 0 Å². The van der Waals surface area contributed by atoms with Gasteiger partial charge >= 0.3 is 0 Å². The van der Waals surface area contributed by atoms with Crippen LogP contribution in [0.5, 0.6) is 0 Å². The molecule has 0 spiro atoms. The number of hydrogen-bond donors (Lipinski definition) is 0. The first-order chi connectivity index (χ1) is 22.2. The van der Waals surface area contributed by atoms with Crippen LogP contribution in [-0.4, -0.2) is 0 Å². The van der Waals surface area contributed by atoms with Crippen molar-refractivity contribution in [3.63, 3.8) is 0 Å². The Morgan fingerprint density at radius 2 is 0.489 bits per heavy atom. The van der Waals surface area contributed by atoms with Crippen LogP contribution >= 0.6 is 0 Å². The number of rotatable bonds is 3. The summed E-state index contributed by atoms with van der Waals surface area (Å²) in [7, 11) is 0. The molecule has 10 rings (SSSR count). The fraction of sp³-hybridized carbons (Fsp3) is 0. The predicted octanol–water partition coefficient (Wildman–Crippen LogP) is 12.4. The lowest BCUT2D eigenvalue weighted by molar-refractivity contribution is 0.668. The summed E-state index contributed by atoms with van der Waals surface area (Å²) < 4.78 is 18.3. The first-order valence-electron chi connectivity index (χ1n) is 15.2. The third-order valence-electron chi connectivity index (χ3n) is 9.11. The van der Waals surface area contributed by atoms with Crippen molar-refractivity contribution >= 4 is 65.8 Å². The lowest BCUT2D eigenvalue weighted by Crippen LogP contribution is -1.81. The summed E-state index contributed by atoms with van der Waals surface area (Å²) in [6, 6.07) is 51.0. The van der Waals surface area contributed by atoms with E-state index >= 15 is 0 Å². The molecule has 0 saturated heterocycles. The molecule has 0 fully saturated rings. The summed E-state index contributed by atoms with van der Waals surface area (Å²) in [6.45, 7) is 0. The zero-order chi connectivity index (χ0) is 29.5. The molecule has 0 aliphatic rings. The monoisotopic (exact) mass is 576 g/mol. The van der Waals surface area contributed by atoms with Crippen LogP contribution in [0.4, 0.5) is 0 Å². The summed E-state index contributed by atoms with van der Waals surface area (Å²) in [6.07, 6.45) is 0. The van der Waals surface area contributed by atoms with E-state index in [2.05, 4.69) is 121 Å². The Labute approximate surface area is 257 Å². The van der Waals surface area contributed by atoms with Gasteiger partial charge in [-0.15, -0.1) is 0 Å². The van der Waals surface area contributed by atoms with Gasteiger partial charge in [0, 0.05) is 32.3 Å². The molecule has 3 heterocycles. The van der Waals surface area contributed by atoms with Crippen molar-refractivity contribution in [1.29, 1.82) is 0 Å². The normalized spacial score (nSPS) is 12.0. The van der Waals surface area contributed by atoms with Gasteiger partial charge in [-0.2, -0.15) is 0 Å². The van der Waals surface area contributed by atoms with Crippen molar-refractivity contribution in [2.75, 3.05) is 0 Å². The maximum Gasteiger partial charge on any atom is 0.135 e. The maximum absolute atomic E-state index is 6.26. The minimum Gasteiger partial charge on any atom is -0.456 e. The fourth-order valence-corrected chi connectivity index (χ4v) is 6.80. The molecule has 0 amide bonds. The Balaban J connectivity index is 1.03. The number of furan rings is 3. The Kier molecular flexibility index (Phi) is 5.00. The minimum atomic E-state index is 0.887. The van der Waals surface area contributed by atoms with Crippen molar-refractivity contribution in [3.8, 4) is 33.4 Å². The van der Waals surface area contributed by atoms with E-state index in [1.165, 1.54) is 16.7 Å². The van der Waals surface area contributed by atoms with Gasteiger partial charge in [0.15, 0.2) is 0 Å². The van der Waals surface area contributed by atoms with Crippen LogP contribution in [0, 0.1) is 0 Å². The Morgan fingerprint density at radius 1 is 0.222 bits per heavy atom. The molecular formula is C42H24O3. The zero-order valence-corrected chi connectivity index (χ0v) is 24.1. The van der Waals surface area contributed by atoms with Crippen LogP contribution in [0.15, 0.2) is 159 Å². The molecule has 0 radical (unpaired) electrons. The molecule has 7 aromatic carbocycles. The first kappa shape index (κ1) is 24.4. The summed E-state index contributed by atoms with van der Waals surface area (Å²) in [5.41, 5.74) is 12.4. The van der Waals surface area contributed by atoms with Crippen LogP contribution < -0.4 is 0 Å². The van der Waals surface area contributed by atoms with Gasteiger partial charge in [-0.25, -0.2) is 0 Å². The van der Waals surface area contributed by atoms with Crippen molar-refractivity contribution in [1.82, 2.24) is 0 Å². The largest absolute Gasteiger partial charge is 0.456 e. The van der Waals surface area contributed by atoms with Crippen molar-refractivity contribution in [2.24, 2.45) is 0 Å². The molecule has 10 aromatic rings. The second-order valence-corrected chi connectivity index (χ2v) is 11.7. The molecule has 210 valence electrons. The Morgan fingerprint density at radius 3 is 0.867 bits per heavy atom. The number of benzene rings is 7. The highest BCUT2D eigenvalue weighted by Gasteiger charge is 2.13. The van der Waals surface area contributed by atoms with Gasteiger partial charge in [0.1, 0.15) is 33.5 Å². The van der Waals surface area contributed by atoms with Gasteiger partial charge in [0.05, 0.1) is 0 Å². The third-order valence-corrected chi connectivity index (χ3v) is 9.11. The first-order valence-corrected chi connectivity index (χ1v) is 15.2. The molecule has 3 heteroatoms. The highest BCUT2D eigenvalue weighted by atomic mass is 16.3. The molecular weight excluding hydrogens is 552 g/mol. The molecule has 0 aliphatic carbocycles. The Bertz CT molecular complexity index is 2750. The molecule has 0 bridgehead atoms. The van der Waals surface area contributed by atoms with Crippen molar-refractivity contribution in [2.45, 2.75) is 0 Å². The van der Waals surface area contributed by atoms with E-state index in [1.54, 1.807) is 0 Å². The summed E-state index contributed by atoms with van der Waals surface area (Å²) in [5, 5.41) is 6.77. The third kappa shape index (κ3) is 3.77. The standard InChI is InChI=1S/C42H24O3/c1-3-7-37-31(5-1)33-21-27(13-17-39(33)43-37)25-9-11-26(12-10-25)28-14-18-41-35(22-28)36-24-30(16-20-42(36)45-41)29-15-19-40-34(23-29)32-6-2-4-8-38(32)44-40/h1-24H. The second kappa shape index (κ2) is 9.22.